The van der Waals surface area contributed by atoms with Crippen molar-refractivity contribution in [3.05, 3.63) is 58.7 Å². The topological polar surface area (TPSA) is 72.6 Å². The Balaban J connectivity index is 1.84. The first-order chi connectivity index (χ1) is 11.0. The molecule has 0 bridgehead atoms. The summed E-state index contributed by atoms with van der Waals surface area (Å²) in [6.07, 6.45) is 9.71. The summed E-state index contributed by atoms with van der Waals surface area (Å²) in [6.45, 7) is 1.92. The molecule has 0 aliphatic heterocycles. The third kappa shape index (κ3) is 5.23. The van der Waals surface area contributed by atoms with Gasteiger partial charge in [-0.2, -0.15) is 10.2 Å². The minimum absolute atomic E-state index is 0.0622. The highest BCUT2D eigenvalue weighted by molar-refractivity contribution is 6.33. The van der Waals surface area contributed by atoms with Gasteiger partial charge in [-0.3, -0.25) is 5.41 Å². The van der Waals surface area contributed by atoms with Gasteiger partial charge >= 0.3 is 0 Å². The number of nitrogens with one attached hydrogen (secondary N) is 3. The highest BCUT2D eigenvalue weighted by Gasteiger charge is 2.24. The fraction of sp³-hybridized carbons (Fsp3) is 0.188. The molecule has 23 heavy (non-hydrogen) atoms. The van der Waals surface area contributed by atoms with E-state index in [1.165, 1.54) is 6.21 Å². The molecule has 1 aliphatic rings. The van der Waals surface area contributed by atoms with E-state index in [1.54, 1.807) is 12.3 Å². The second-order valence-corrected chi connectivity index (χ2v) is 6.33. The lowest BCUT2D eigenvalue weighted by atomic mass is 9.93. The Kier molecular flexibility index (Phi) is 5.96. The highest BCUT2D eigenvalue weighted by atomic mass is 35.5. The standard InChI is InChI=1S/C16H17Cl2N5/c1-16(18)9-5-4-7-13(16)11-21-23-15(19)22-20-10-12-6-2-3-8-14(12)17/h2-8,10-11H,9H2,1H3,(H3,19,22,23)/b20-10+,21-11+. The maximum absolute atomic E-state index is 7.68. The number of nitrogens with zero attached hydrogens (tertiary/aromatic N) is 2. The molecule has 1 aromatic carbocycles. The number of alkyl halides is 1. The Hall–Kier alpha value is -2.11. The average Bonchev–Trinajstić information content (AvgIpc) is 2.51. The average molecular weight is 350 g/mol. The van der Waals surface area contributed by atoms with Crippen LogP contribution in [-0.4, -0.2) is 23.3 Å². The molecular weight excluding hydrogens is 333 g/mol. The monoisotopic (exact) mass is 349 g/mol. The van der Waals surface area contributed by atoms with E-state index < -0.39 is 4.87 Å². The zero-order valence-corrected chi connectivity index (χ0v) is 14.1. The summed E-state index contributed by atoms with van der Waals surface area (Å²) in [5.74, 6) is -0.0622. The van der Waals surface area contributed by atoms with E-state index in [4.69, 9.17) is 28.6 Å². The van der Waals surface area contributed by atoms with Crippen LogP contribution in [0, 0.1) is 5.41 Å². The molecule has 5 nitrogen and oxygen atoms in total. The SMILES string of the molecule is CC1(Cl)CC=CC=C1/C=N/NC(=N)N/N=C/c1ccccc1Cl. The van der Waals surface area contributed by atoms with Gasteiger partial charge in [-0.25, -0.2) is 10.9 Å². The molecule has 0 heterocycles. The van der Waals surface area contributed by atoms with Crippen LogP contribution in [0.25, 0.3) is 0 Å². The summed E-state index contributed by atoms with van der Waals surface area (Å²) in [6, 6.07) is 7.29. The number of hydrogen-bond acceptors (Lipinski definition) is 3. The predicted molar refractivity (Wildman–Crippen MR) is 97.6 cm³/mol. The summed E-state index contributed by atoms with van der Waals surface area (Å²) < 4.78 is 0. The maximum atomic E-state index is 7.68. The lowest BCUT2D eigenvalue weighted by Gasteiger charge is -2.23. The normalized spacial score (nSPS) is 20.7. The number of hydrogen-bond donors (Lipinski definition) is 3. The predicted octanol–water partition coefficient (Wildman–Crippen LogP) is 3.66. The minimum atomic E-state index is -0.474. The van der Waals surface area contributed by atoms with Crippen LogP contribution in [0.2, 0.25) is 5.02 Å². The summed E-state index contributed by atoms with van der Waals surface area (Å²) in [7, 11) is 0. The molecule has 1 aromatic rings. The first-order valence-electron chi connectivity index (χ1n) is 6.96. The largest absolute Gasteiger partial charge is 0.266 e. The molecule has 2 rings (SSSR count). The van der Waals surface area contributed by atoms with Crippen molar-refractivity contribution in [2.24, 2.45) is 10.2 Å². The van der Waals surface area contributed by atoms with Gasteiger partial charge in [0.2, 0.25) is 5.96 Å². The molecule has 0 radical (unpaired) electrons. The van der Waals surface area contributed by atoms with Gasteiger partial charge in [0.05, 0.1) is 17.3 Å². The van der Waals surface area contributed by atoms with Crippen LogP contribution in [0.5, 0.6) is 0 Å². The molecule has 3 N–H and O–H groups in total. The molecule has 1 aliphatic carbocycles. The molecule has 120 valence electrons. The molecule has 0 fully saturated rings. The Labute approximate surface area is 145 Å². The van der Waals surface area contributed by atoms with E-state index >= 15 is 0 Å². The number of guanidine groups is 1. The smallest absolute Gasteiger partial charge is 0.230 e. The Morgan fingerprint density at radius 2 is 1.96 bits per heavy atom. The molecule has 0 amide bonds. The van der Waals surface area contributed by atoms with Crippen LogP contribution in [0.1, 0.15) is 18.9 Å². The number of benzene rings is 1. The summed E-state index contributed by atoms with van der Waals surface area (Å²) in [5.41, 5.74) is 6.70. The van der Waals surface area contributed by atoms with Gasteiger partial charge in [0.25, 0.3) is 0 Å². The van der Waals surface area contributed by atoms with Crippen LogP contribution < -0.4 is 10.9 Å². The van der Waals surface area contributed by atoms with E-state index in [0.29, 0.717) is 5.02 Å². The van der Waals surface area contributed by atoms with Crippen molar-refractivity contribution < 1.29 is 0 Å². The van der Waals surface area contributed by atoms with Gasteiger partial charge in [-0.15, -0.1) is 11.6 Å². The third-order valence-electron chi connectivity index (χ3n) is 3.18. The third-order valence-corrected chi connectivity index (χ3v) is 3.90. The number of allylic oxidation sites excluding steroid dienone is 4. The molecule has 0 aromatic heterocycles. The Morgan fingerprint density at radius 3 is 2.65 bits per heavy atom. The summed E-state index contributed by atoms with van der Waals surface area (Å²) in [5, 5.41) is 16.2. The van der Waals surface area contributed by atoms with Gasteiger partial charge in [-0.05, 0) is 25.0 Å². The lowest BCUT2D eigenvalue weighted by Crippen LogP contribution is -2.30. The first kappa shape index (κ1) is 17.2. The van der Waals surface area contributed by atoms with Crippen LogP contribution in [-0.2, 0) is 0 Å². The molecule has 1 atom stereocenters. The fourth-order valence-electron chi connectivity index (χ4n) is 1.87. The maximum Gasteiger partial charge on any atom is 0.230 e. The molecule has 0 saturated carbocycles. The number of rotatable bonds is 4. The van der Waals surface area contributed by atoms with Gasteiger partial charge in [0.1, 0.15) is 0 Å². The van der Waals surface area contributed by atoms with Crippen LogP contribution in [0.15, 0.2) is 58.3 Å². The minimum Gasteiger partial charge on any atom is -0.266 e. The Bertz CT molecular complexity index is 689. The van der Waals surface area contributed by atoms with Gasteiger partial charge in [0, 0.05) is 10.6 Å². The first-order valence-corrected chi connectivity index (χ1v) is 7.72. The van der Waals surface area contributed by atoms with E-state index in [1.807, 2.05) is 43.4 Å². The van der Waals surface area contributed by atoms with Crippen molar-refractivity contribution in [3.63, 3.8) is 0 Å². The summed E-state index contributed by atoms with van der Waals surface area (Å²) >= 11 is 12.4. The van der Waals surface area contributed by atoms with Crippen molar-refractivity contribution >= 4 is 41.6 Å². The van der Waals surface area contributed by atoms with Gasteiger partial charge < -0.3 is 0 Å². The van der Waals surface area contributed by atoms with E-state index in [2.05, 4.69) is 21.1 Å². The second-order valence-electron chi connectivity index (χ2n) is 5.09. The van der Waals surface area contributed by atoms with Crippen molar-refractivity contribution in [1.29, 1.82) is 5.41 Å². The van der Waals surface area contributed by atoms with E-state index in [-0.39, 0.29) is 5.96 Å². The van der Waals surface area contributed by atoms with Gasteiger partial charge in [-0.1, -0.05) is 48.0 Å². The van der Waals surface area contributed by atoms with Crippen molar-refractivity contribution in [1.82, 2.24) is 10.9 Å². The van der Waals surface area contributed by atoms with Crippen LogP contribution in [0.3, 0.4) is 0 Å². The zero-order chi connectivity index (χ0) is 16.7. The zero-order valence-electron chi connectivity index (χ0n) is 12.6. The molecule has 1 unspecified atom stereocenters. The second kappa shape index (κ2) is 7.94. The van der Waals surface area contributed by atoms with Crippen molar-refractivity contribution in [2.45, 2.75) is 18.2 Å². The number of halogens is 2. The highest BCUT2D eigenvalue weighted by Crippen LogP contribution is 2.30. The van der Waals surface area contributed by atoms with Crippen LogP contribution in [0.4, 0.5) is 0 Å². The molecule has 0 spiro atoms. The van der Waals surface area contributed by atoms with Crippen molar-refractivity contribution in [2.75, 3.05) is 0 Å². The quantitative estimate of drug-likeness (QED) is 0.336. The van der Waals surface area contributed by atoms with E-state index in [0.717, 1.165) is 17.6 Å². The lowest BCUT2D eigenvalue weighted by molar-refractivity contribution is 0.760. The van der Waals surface area contributed by atoms with Crippen LogP contribution >= 0.6 is 23.2 Å². The van der Waals surface area contributed by atoms with E-state index in [9.17, 15) is 0 Å². The molecular formula is C16H17Cl2N5. The number of hydrazone groups is 2. The fourth-order valence-corrected chi connectivity index (χ4v) is 2.25. The Morgan fingerprint density at radius 1 is 1.26 bits per heavy atom. The van der Waals surface area contributed by atoms with Gasteiger partial charge in [0.15, 0.2) is 0 Å². The molecule has 0 saturated heterocycles. The summed E-state index contributed by atoms with van der Waals surface area (Å²) in [4.78, 5) is -0.474. The molecule has 7 heteroatoms. The van der Waals surface area contributed by atoms with Crippen molar-refractivity contribution in [3.8, 4) is 0 Å².